The number of amides is 1. The Labute approximate surface area is 203 Å². The number of fused-ring (bicyclic) bond motifs is 1. The predicted octanol–water partition coefficient (Wildman–Crippen LogP) is 3.91. The summed E-state index contributed by atoms with van der Waals surface area (Å²) < 4.78 is 104. The zero-order chi connectivity index (χ0) is 26.3. The molecule has 7 nitrogen and oxygen atoms in total. The summed E-state index contributed by atoms with van der Waals surface area (Å²) >= 11 is 0. The summed E-state index contributed by atoms with van der Waals surface area (Å²) in [5.74, 6) is -6.53. The van der Waals surface area contributed by atoms with Gasteiger partial charge in [-0.15, -0.1) is 0 Å². The third-order valence-corrected chi connectivity index (χ3v) is 6.97. The Morgan fingerprint density at radius 2 is 1.78 bits per heavy atom. The van der Waals surface area contributed by atoms with Gasteiger partial charge in [0.1, 0.15) is 11.9 Å². The number of halogens is 5. The Morgan fingerprint density at radius 3 is 2.42 bits per heavy atom. The molecular weight excluding hydrogens is 513 g/mol. The summed E-state index contributed by atoms with van der Waals surface area (Å²) in [6.45, 7) is -0.519. The zero-order valence-corrected chi connectivity index (χ0v) is 19.8. The molecule has 4 rings (SSSR count). The third kappa shape index (κ3) is 5.47. The van der Waals surface area contributed by atoms with E-state index in [4.69, 9.17) is 14.2 Å². The number of hydrogen-bond acceptors (Lipinski definition) is 6. The number of alkyl halides is 5. The quantitative estimate of drug-likeness (QED) is 0.522. The van der Waals surface area contributed by atoms with Crippen LogP contribution in [0.1, 0.15) is 33.2 Å². The van der Waals surface area contributed by atoms with E-state index in [-0.39, 0.29) is 24.1 Å². The molecule has 2 aromatic carbocycles. The molecule has 1 fully saturated rings. The van der Waals surface area contributed by atoms with Gasteiger partial charge in [0.15, 0.2) is 16.4 Å². The van der Waals surface area contributed by atoms with Crippen molar-refractivity contribution in [3.05, 3.63) is 58.7 Å². The third-order valence-electron chi connectivity index (χ3n) is 5.86. The van der Waals surface area contributed by atoms with Crippen LogP contribution in [0.2, 0.25) is 0 Å². The van der Waals surface area contributed by atoms with Gasteiger partial charge in [-0.2, -0.15) is 22.0 Å². The Balaban J connectivity index is 1.59. The van der Waals surface area contributed by atoms with Crippen molar-refractivity contribution in [3.63, 3.8) is 0 Å². The fourth-order valence-electron chi connectivity index (χ4n) is 3.89. The Bertz CT molecular complexity index is 1260. The molecule has 0 radical (unpaired) electrons. The van der Waals surface area contributed by atoms with Gasteiger partial charge in [0.05, 0.1) is 30.3 Å². The number of rotatable bonds is 6. The van der Waals surface area contributed by atoms with Crippen LogP contribution in [0, 0.1) is 0 Å². The van der Waals surface area contributed by atoms with Crippen LogP contribution in [0.15, 0.2) is 41.3 Å². The second kappa shape index (κ2) is 9.60. The molecule has 0 aromatic heterocycles. The van der Waals surface area contributed by atoms with Crippen molar-refractivity contribution in [1.29, 1.82) is 0 Å². The van der Waals surface area contributed by atoms with Crippen molar-refractivity contribution in [2.45, 2.75) is 36.2 Å². The number of hydrogen-bond donors (Lipinski definition) is 0. The minimum atomic E-state index is -5.86. The standard InChI is InChI=1S/C23H22F5NO6S/c1-36(31,32)17-4-5-19(35-13-22(24,25)23(26,27)28)18(9-17)21(30)29-10-15-3-2-14(8-16(15)11-29)20-12-33-6-7-34-20/h2-5,8-9,20H,6-7,10-13H2,1H3. The molecule has 2 aliphatic rings. The maximum absolute atomic E-state index is 13.4. The van der Waals surface area contributed by atoms with Crippen molar-refractivity contribution < 1.29 is 49.4 Å². The zero-order valence-electron chi connectivity index (χ0n) is 19.0. The van der Waals surface area contributed by atoms with E-state index in [1.165, 1.54) is 4.90 Å². The van der Waals surface area contributed by atoms with E-state index in [1.807, 2.05) is 18.2 Å². The first-order valence-electron chi connectivity index (χ1n) is 10.8. The van der Waals surface area contributed by atoms with Crippen molar-refractivity contribution >= 4 is 15.7 Å². The molecule has 13 heteroatoms. The lowest BCUT2D eigenvalue weighted by molar-refractivity contribution is -0.290. The lowest BCUT2D eigenvalue weighted by atomic mass is 10.0. The van der Waals surface area contributed by atoms with E-state index >= 15 is 0 Å². The van der Waals surface area contributed by atoms with Gasteiger partial charge in [0, 0.05) is 19.3 Å². The molecule has 0 N–H and O–H groups in total. The minimum Gasteiger partial charge on any atom is -0.486 e. The second-order valence-electron chi connectivity index (χ2n) is 8.54. The Hall–Kier alpha value is -2.77. The van der Waals surface area contributed by atoms with E-state index in [1.54, 1.807) is 0 Å². The Kier molecular flexibility index (Phi) is 7.01. The lowest BCUT2D eigenvalue weighted by Crippen LogP contribution is -2.42. The Morgan fingerprint density at radius 1 is 1.06 bits per heavy atom. The minimum absolute atomic E-state index is 0.108. The number of carbonyl (C=O) groups is 1. The monoisotopic (exact) mass is 535 g/mol. The van der Waals surface area contributed by atoms with Gasteiger partial charge in [-0.25, -0.2) is 8.42 Å². The van der Waals surface area contributed by atoms with Gasteiger partial charge in [0.2, 0.25) is 0 Å². The first kappa shape index (κ1) is 26.3. The van der Waals surface area contributed by atoms with Crippen molar-refractivity contribution in [2.24, 2.45) is 0 Å². The molecule has 36 heavy (non-hydrogen) atoms. The molecule has 1 unspecified atom stereocenters. The van der Waals surface area contributed by atoms with E-state index in [0.29, 0.717) is 19.8 Å². The summed E-state index contributed by atoms with van der Waals surface area (Å²) in [6, 6.07) is 8.30. The van der Waals surface area contributed by atoms with Gasteiger partial charge >= 0.3 is 12.1 Å². The highest BCUT2D eigenvalue weighted by molar-refractivity contribution is 7.90. The average molecular weight is 535 g/mol. The molecule has 1 atom stereocenters. The fraction of sp³-hybridized carbons (Fsp3) is 0.435. The summed E-state index contributed by atoms with van der Waals surface area (Å²) in [7, 11) is -3.82. The highest BCUT2D eigenvalue weighted by Crippen LogP contribution is 2.37. The molecule has 0 spiro atoms. The molecular formula is C23H22F5NO6S. The number of benzene rings is 2. The van der Waals surface area contributed by atoms with E-state index in [9.17, 15) is 35.2 Å². The van der Waals surface area contributed by atoms with Crippen LogP contribution in [-0.2, 0) is 32.4 Å². The highest BCUT2D eigenvalue weighted by atomic mass is 32.2. The van der Waals surface area contributed by atoms with Crippen LogP contribution in [0.3, 0.4) is 0 Å². The fourth-order valence-corrected chi connectivity index (χ4v) is 4.54. The predicted molar refractivity (Wildman–Crippen MR) is 116 cm³/mol. The maximum Gasteiger partial charge on any atom is 0.456 e. The number of carbonyl (C=O) groups excluding carboxylic acids is 1. The van der Waals surface area contributed by atoms with E-state index in [0.717, 1.165) is 41.1 Å². The lowest BCUT2D eigenvalue weighted by Gasteiger charge is -2.23. The molecule has 1 amide bonds. The summed E-state index contributed by atoms with van der Waals surface area (Å²) in [4.78, 5) is 14.3. The highest BCUT2D eigenvalue weighted by Gasteiger charge is 2.58. The van der Waals surface area contributed by atoms with Crippen LogP contribution in [0.4, 0.5) is 22.0 Å². The van der Waals surface area contributed by atoms with Crippen molar-refractivity contribution in [2.75, 3.05) is 32.7 Å². The summed E-state index contributed by atoms with van der Waals surface area (Å²) in [5.41, 5.74) is 2.00. The largest absolute Gasteiger partial charge is 0.486 e. The SMILES string of the molecule is CS(=O)(=O)c1ccc(OCC(F)(F)C(F)(F)F)c(C(=O)N2Cc3ccc(C4COCCO4)cc3C2)c1. The van der Waals surface area contributed by atoms with E-state index < -0.39 is 45.8 Å². The first-order valence-corrected chi connectivity index (χ1v) is 12.7. The normalized spacial score (nSPS) is 18.7. The molecule has 0 bridgehead atoms. The molecule has 2 aliphatic heterocycles. The number of nitrogens with zero attached hydrogens (tertiary/aromatic N) is 1. The average Bonchev–Trinajstić information content (AvgIpc) is 3.25. The molecule has 2 heterocycles. The van der Waals surface area contributed by atoms with Crippen LogP contribution in [-0.4, -0.2) is 64.0 Å². The van der Waals surface area contributed by atoms with Crippen LogP contribution < -0.4 is 4.74 Å². The van der Waals surface area contributed by atoms with Gasteiger partial charge in [-0.1, -0.05) is 18.2 Å². The molecule has 0 aliphatic carbocycles. The molecule has 2 aromatic rings. The van der Waals surface area contributed by atoms with Gasteiger partial charge in [-0.05, 0) is 34.9 Å². The van der Waals surface area contributed by atoms with Crippen LogP contribution in [0.5, 0.6) is 5.75 Å². The topological polar surface area (TPSA) is 82.1 Å². The smallest absolute Gasteiger partial charge is 0.456 e. The summed E-state index contributed by atoms with van der Waals surface area (Å²) in [6.07, 6.45) is -5.25. The second-order valence-corrected chi connectivity index (χ2v) is 10.6. The first-order chi connectivity index (χ1) is 16.8. The van der Waals surface area contributed by atoms with Gasteiger partial charge in [0.25, 0.3) is 5.91 Å². The van der Waals surface area contributed by atoms with Crippen LogP contribution >= 0.6 is 0 Å². The number of sulfone groups is 1. The van der Waals surface area contributed by atoms with Crippen LogP contribution in [0.25, 0.3) is 0 Å². The molecule has 1 saturated heterocycles. The van der Waals surface area contributed by atoms with Gasteiger partial charge in [-0.3, -0.25) is 4.79 Å². The maximum atomic E-state index is 13.4. The summed E-state index contributed by atoms with van der Waals surface area (Å²) in [5, 5.41) is 0. The van der Waals surface area contributed by atoms with E-state index in [2.05, 4.69) is 0 Å². The van der Waals surface area contributed by atoms with Crippen molar-refractivity contribution in [1.82, 2.24) is 4.90 Å². The van der Waals surface area contributed by atoms with Crippen molar-refractivity contribution in [3.8, 4) is 5.75 Å². The van der Waals surface area contributed by atoms with Gasteiger partial charge < -0.3 is 19.1 Å². The molecule has 0 saturated carbocycles. The molecule has 196 valence electrons. The number of ether oxygens (including phenoxy) is 3.